The minimum absolute atomic E-state index is 0.292. The standard InChI is InChI=1S/C23H22N2O3/c1-15-12-13-17(14-16(15)2)24-22(26)18-8-4-6-10-20(18)25-23(27)19-9-5-7-11-21(19)28-3/h4-14H,1-3H3,(H,24,26)(H,25,27). The molecule has 0 saturated heterocycles. The molecule has 0 aliphatic carbocycles. The number of methoxy groups -OCH3 is 1. The van der Waals surface area contributed by atoms with Crippen LogP contribution in [0.4, 0.5) is 11.4 Å². The Morgan fingerprint density at radius 2 is 1.39 bits per heavy atom. The summed E-state index contributed by atoms with van der Waals surface area (Å²) in [6.07, 6.45) is 0. The molecule has 0 atom stereocenters. The summed E-state index contributed by atoms with van der Waals surface area (Å²) in [4.78, 5) is 25.5. The first kappa shape index (κ1) is 19.2. The highest BCUT2D eigenvalue weighted by molar-refractivity contribution is 6.13. The molecule has 0 fully saturated rings. The average molecular weight is 374 g/mol. The van der Waals surface area contributed by atoms with E-state index in [-0.39, 0.29) is 11.8 Å². The summed E-state index contributed by atoms with van der Waals surface area (Å²) in [5.74, 6) is -0.167. The van der Waals surface area contributed by atoms with E-state index in [1.165, 1.54) is 7.11 Å². The smallest absolute Gasteiger partial charge is 0.259 e. The van der Waals surface area contributed by atoms with Gasteiger partial charge in [0.2, 0.25) is 0 Å². The molecule has 3 aromatic carbocycles. The first-order valence-corrected chi connectivity index (χ1v) is 8.91. The Kier molecular flexibility index (Phi) is 5.75. The largest absolute Gasteiger partial charge is 0.496 e. The highest BCUT2D eigenvalue weighted by Crippen LogP contribution is 2.22. The summed E-state index contributed by atoms with van der Waals surface area (Å²) in [5.41, 5.74) is 4.16. The van der Waals surface area contributed by atoms with Crippen molar-refractivity contribution in [2.45, 2.75) is 13.8 Å². The van der Waals surface area contributed by atoms with Gasteiger partial charge in [-0.05, 0) is 61.4 Å². The lowest BCUT2D eigenvalue weighted by Gasteiger charge is -2.13. The summed E-state index contributed by atoms with van der Waals surface area (Å²) in [5, 5.41) is 5.70. The Morgan fingerprint density at radius 1 is 0.750 bits per heavy atom. The highest BCUT2D eigenvalue weighted by Gasteiger charge is 2.16. The second-order valence-corrected chi connectivity index (χ2v) is 6.45. The third-order valence-electron chi connectivity index (χ3n) is 4.54. The molecule has 0 heterocycles. The van der Waals surface area contributed by atoms with E-state index in [4.69, 9.17) is 4.74 Å². The number of nitrogens with one attached hydrogen (secondary N) is 2. The lowest BCUT2D eigenvalue weighted by atomic mass is 10.1. The van der Waals surface area contributed by atoms with Crippen molar-refractivity contribution < 1.29 is 14.3 Å². The number of carbonyl (C=O) groups is 2. The number of hydrogen-bond acceptors (Lipinski definition) is 3. The van der Waals surface area contributed by atoms with Crippen molar-refractivity contribution in [2.75, 3.05) is 17.7 Å². The van der Waals surface area contributed by atoms with E-state index < -0.39 is 0 Å². The third kappa shape index (κ3) is 4.20. The Morgan fingerprint density at radius 3 is 2.11 bits per heavy atom. The number of aryl methyl sites for hydroxylation is 2. The fraction of sp³-hybridized carbons (Fsp3) is 0.130. The van der Waals surface area contributed by atoms with Crippen LogP contribution >= 0.6 is 0 Å². The van der Waals surface area contributed by atoms with E-state index in [9.17, 15) is 9.59 Å². The van der Waals surface area contributed by atoms with Crippen LogP contribution in [0.25, 0.3) is 0 Å². The zero-order valence-corrected chi connectivity index (χ0v) is 16.1. The molecule has 3 aromatic rings. The van der Waals surface area contributed by atoms with E-state index in [1.54, 1.807) is 48.5 Å². The fourth-order valence-corrected chi connectivity index (χ4v) is 2.83. The molecule has 0 bridgehead atoms. The molecule has 0 spiro atoms. The zero-order chi connectivity index (χ0) is 20.1. The van der Waals surface area contributed by atoms with Gasteiger partial charge in [-0.2, -0.15) is 0 Å². The molecule has 2 amide bonds. The van der Waals surface area contributed by atoms with Crippen molar-refractivity contribution in [1.29, 1.82) is 0 Å². The molecular weight excluding hydrogens is 352 g/mol. The predicted octanol–water partition coefficient (Wildman–Crippen LogP) is 4.82. The van der Waals surface area contributed by atoms with Crippen LogP contribution in [0.3, 0.4) is 0 Å². The van der Waals surface area contributed by atoms with Crippen LogP contribution in [0, 0.1) is 13.8 Å². The van der Waals surface area contributed by atoms with E-state index in [1.807, 2.05) is 32.0 Å². The predicted molar refractivity (Wildman–Crippen MR) is 111 cm³/mol. The maximum Gasteiger partial charge on any atom is 0.259 e. The lowest BCUT2D eigenvalue weighted by Crippen LogP contribution is -2.18. The Balaban J connectivity index is 1.83. The molecule has 5 nitrogen and oxygen atoms in total. The van der Waals surface area contributed by atoms with Gasteiger partial charge in [-0.15, -0.1) is 0 Å². The monoisotopic (exact) mass is 374 g/mol. The van der Waals surface area contributed by atoms with Crippen molar-refractivity contribution >= 4 is 23.2 Å². The number of rotatable bonds is 5. The average Bonchev–Trinajstić information content (AvgIpc) is 2.71. The lowest BCUT2D eigenvalue weighted by molar-refractivity contribution is 0.102. The van der Waals surface area contributed by atoms with Crippen LogP contribution in [0.15, 0.2) is 66.7 Å². The van der Waals surface area contributed by atoms with Crippen LogP contribution in [0.1, 0.15) is 31.8 Å². The molecule has 5 heteroatoms. The molecule has 3 rings (SSSR count). The quantitative estimate of drug-likeness (QED) is 0.673. The summed E-state index contributed by atoms with van der Waals surface area (Å²) >= 11 is 0. The summed E-state index contributed by atoms with van der Waals surface area (Å²) in [6, 6.07) is 19.6. The topological polar surface area (TPSA) is 67.4 Å². The Bertz CT molecular complexity index is 1030. The van der Waals surface area contributed by atoms with Crippen LogP contribution < -0.4 is 15.4 Å². The maximum absolute atomic E-state index is 12.8. The number of carbonyl (C=O) groups excluding carboxylic acids is 2. The minimum atomic E-state index is -0.344. The van der Waals surface area contributed by atoms with Crippen molar-refractivity contribution in [1.82, 2.24) is 0 Å². The number of para-hydroxylation sites is 2. The first-order valence-electron chi connectivity index (χ1n) is 8.91. The molecule has 0 aliphatic rings. The second kappa shape index (κ2) is 8.39. The highest BCUT2D eigenvalue weighted by atomic mass is 16.5. The van der Waals surface area contributed by atoms with Crippen LogP contribution in [-0.2, 0) is 0 Å². The molecular formula is C23H22N2O3. The second-order valence-electron chi connectivity index (χ2n) is 6.45. The van der Waals surface area contributed by atoms with Gasteiger partial charge in [0.15, 0.2) is 0 Å². The van der Waals surface area contributed by atoms with E-state index in [0.717, 1.165) is 11.1 Å². The van der Waals surface area contributed by atoms with E-state index in [0.29, 0.717) is 28.3 Å². The molecule has 0 radical (unpaired) electrons. The van der Waals surface area contributed by atoms with Gasteiger partial charge in [-0.25, -0.2) is 0 Å². The van der Waals surface area contributed by atoms with Crippen LogP contribution in [-0.4, -0.2) is 18.9 Å². The van der Waals surface area contributed by atoms with Gasteiger partial charge < -0.3 is 15.4 Å². The van der Waals surface area contributed by atoms with E-state index in [2.05, 4.69) is 10.6 Å². The molecule has 142 valence electrons. The number of amides is 2. The van der Waals surface area contributed by atoms with Crippen molar-refractivity contribution in [2.24, 2.45) is 0 Å². The third-order valence-corrected chi connectivity index (χ3v) is 4.54. The SMILES string of the molecule is COc1ccccc1C(=O)Nc1ccccc1C(=O)Nc1ccc(C)c(C)c1. The number of hydrogen-bond donors (Lipinski definition) is 2. The summed E-state index contributed by atoms with van der Waals surface area (Å²) in [7, 11) is 1.51. The normalized spacial score (nSPS) is 10.2. The van der Waals surface area contributed by atoms with Gasteiger partial charge in [0, 0.05) is 5.69 Å². The Hall–Kier alpha value is -3.60. The summed E-state index contributed by atoms with van der Waals surface area (Å²) in [6.45, 7) is 4.01. The van der Waals surface area contributed by atoms with Gasteiger partial charge >= 0.3 is 0 Å². The van der Waals surface area contributed by atoms with Crippen molar-refractivity contribution in [3.05, 3.63) is 89.0 Å². The molecule has 0 aliphatic heterocycles. The maximum atomic E-state index is 12.8. The molecule has 28 heavy (non-hydrogen) atoms. The van der Waals surface area contributed by atoms with Gasteiger partial charge in [0.25, 0.3) is 11.8 Å². The number of ether oxygens (including phenoxy) is 1. The van der Waals surface area contributed by atoms with Crippen molar-refractivity contribution in [3.8, 4) is 5.75 Å². The van der Waals surface area contributed by atoms with Crippen LogP contribution in [0.2, 0.25) is 0 Å². The van der Waals surface area contributed by atoms with Crippen LogP contribution in [0.5, 0.6) is 5.75 Å². The molecule has 0 saturated carbocycles. The first-order chi connectivity index (χ1) is 13.5. The van der Waals surface area contributed by atoms with Gasteiger partial charge in [-0.3, -0.25) is 9.59 Å². The molecule has 0 unspecified atom stereocenters. The summed E-state index contributed by atoms with van der Waals surface area (Å²) < 4.78 is 5.24. The number of anilines is 2. The van der Waals surface area contributed by atoms with Gasteiger partial charge in [0.05, 0.1) is 23.9 Å². The van der Waals surface area contributed by atoms with Gasteiger partial charge in [0.1, 0.15) is 5.75 Å². The zero-order valence-electron chi connectivity index (χ0n) is 16.1. The van der Waals surface area contributed by atoms with Gasteiger partial charge in [-0.1, -0.05) is 30.3 Å². The number of benzene rings is 3. The molecule has 2 N–H and O–H groups in total. The minimum Gasteiger partial charge on any atom is -0.496 e. The fourth-order valence-electron chi connectivity index (χ4n) is 2.83. The Labute approximate surface area is 164 Å². The van der Waals surface area contributed by atoms with E-state index >= 15 is 0 Å². The molecule has 0 aromatic heterocycles. The van der Waals surface area contributed by atoms with Crippen molar-refractivity contribution in [3.63, 3.8) is 0 Å².